The molecule has 0 amide bonds. The molecule has 0 saturated heterocycles. The molecule has 0 spiro atoms. The minimum atomic E-state index is -3.95. The van der Waals surface area contributed by atoms with Gasteiger partial charge in [-0.2, -0.15) is 0 Å². The Bertz CT molecular complexity index is 1200. The molecule has 7 nitrogen and oxygen atoms in total. The van der Waals surface area contributed by atoms with Crippen molar-refractivity contribution in [1.29, 1.82) is 0 Å². The molecule has 1 N–H and O–H groups in total. The first-order valence-electron chi connectivity index (χ1n) is 7.19. The molecule has 1 aromatic heterocycles. The summed E-state index contributed by atoms with van der Waals surface area (Å²) >= 11 is 0. The van der Waals surface area contributed by atoms with Crippen LogP contribution in [0.15, 0.2) is 56.9 Å². The Morgan fingerprint density at radius 1 is 0.880 bits per heavy atom. The molecule has 0 aliphatic carbocycles. The molecule has 130 valence electrons. The molecule has 1 heterocycles. The van der Waals surface area contributed by atoms with Crippen LogP contribution in [0.5, 0.6) is 0 Å². The minimum Gasteiger partial charge on any atom is -0.305 e. The van der Waals surface area contributed by atoms with Gasteiger partial charge in [0.05, 0.1) is 15.9 Å². The zero-order valence-electron chi connectivity index (χ0n) is 13.4. The lowest BCUT2D eigenvalue weighted by Crippen LogP contribution is -2.39. The number of nitrogens with zero attached hydrogens (tertiary/aromatic N) is 2. The van der Waals surface area contributed by atoms with Gasteiger partial charge in [0.2, 0.25) is 0 Å². The van der Waals surface area contributed by atoms with E-state index in [1.807, 2.05) is 0 Å². The van der Waals surface area contributed by atoms with E-state index in [-0.39, 0.29) is 10.6 Å². The van der Waals surface area contributed by atoms with Crippen molar-refractivity contribution < 1.29 is 12.8 Å². The van der Waals surface area contributed by atoms with Crippen molar-refractivity contribution in [3.8, 4) is 0 Å². The van der Waals surface area contributed by atoms with Crippen molar-refractivity contribution in [3.63, 3.8) is 0 Å². The summed E-state index contributed by atoms with van der Waals surface area (Å²) in [5.41, 5.74) is -0.524. The van der Waals surface area contributed by atoms with E-state index < -0.39 is 27.0 Å². The van der Waals surface area contributed by atoms with Crippen LogP contribution in [0.25, 0.3) is 11.0 Å². The Labute approximate surface area is 142 Å². The van der Waals surface area contributed by atoms with Gasteiger partial charge in [0.25, 0.3) is 10.0 Å². The van der Waals surface area contributed by atoms with Gasteiger partial charge in [0, 0.05) is 19.8 Å². The lowest BCUT2D eigenvalue weighted by molar-refractivity contribution is 0.601. The first kappa shape index (κ1) is 16.9. The second-order valence-corrected chi connectivity index (χ2v) is 7.17. The van der Waals surface area contributed by atoms with Gasteiger partial charge < -0.3 is 9.13 Å². The molecule has 3 rings (SSSR count). The van der Waals surface area contributed by atoms with Crippen LogP contribution >= 0.6 is 0 Å². The number of halogens is 1. The highest BCUT2D eigenvalue weighted by molar-refractivity contribution is 7.92. The molecule has 0 fully saturated rings. The van der Waals surface area contributed by atoms with E-state index in [1.54, 1.807) is 0 Å². The van der Waals surface area contributed by atoms with Crippen LogP contribution in [-0.2, 0) is 24.1 Å². The molecule has 9 heteroatoms. The summed E-state index contributed by atoms with van der Waals surface area (Å²) in [7, 11) is -1.11. The SMILES string of the molecule is Cn1c(=O)c(=O)n(C)c2cc(S(=O)(=O)Nc3ccc(F)cc3)ccc21. The molecule has 0 aliphatic rings. The molecule has 0 bridgehead atoms. The van der Waals surface area contributed by atoms with E-state index >= 15 is 0 Å². The van der Waals surface area contributed by atoms with Crippen LogP contribution < -0.4 is 15.8 Å². The third-order valence-corrected chi connectivity index (χ3v) is 5.25. The third kappa shape index (κ3) is 2.93. The third-order valence-electron chi connectivity index (χ3n) is 3.87. The standard InChI is InChI=1S/C16H14FN3O4S/c1-19-13-8-7-12(9-14(13)20(2)16(22)15(19)21)25(23,24)18-11-5-3-10(17)4-6-11/h3-9,18H,1-2H3. The van der Waals surface area contributed by atoms with Gasteiger partial charge in [0.15, 0.2) is 0 Å². The highest BCUT2D eigenvalue weighted by Gasteiger charge is 2.17. The predicted molar refractivity (Wildman–Crippen MR) is 91.6 cm³/mol. The topological polar surface area (TPSA) is 90.2 Å². The minimum absolute atomic E-state index is 0.0852. The molecule has 0 unspecified atom stereocenters. The monoisotopic (exact) mass is 363 g/mol. The van der Waals surface area contributed by atoms with Crippen LogP contribution in [0.4, 0.5) is 10.1 Å². The van der Waals surface area contributed by atoms with E-state index in [1.165, 1.54) is 49.0 Å². The fraction of sp³-hybridized carbons (Fsp3) is 0.125. The molecular weight excluding hydrogens is 349 g/mol. The summed E-state index contributed by atoms with van der Waals surface area (Å²) in [5.74, 6) is -0.482. The van der Waals surface area contributed by atoms with E-state index in [0.29, 0.717) is 11.0 Å². The second kappa shape index (κ2) is 5.85. The highest BCUT2D eigenvalue weighted by Crippen LogP contribution is 2.20. The Hall–Kier alpha value is -2.94. The maximum atomic E-state index is 12.9. The number of aromatic nitrogens is 2. The van der Waals surface area contributed by atoms with Crippen molar-refractivity contribution in [2.45, 2.75) is 4.90 Å². The van der Waals surface area contributed by atoms with Crippen molar-refractivity contribution in [2.75, 3.05) is 4.72 Å². The molecular formula is C16H14FN3O4S. The molecule has 2 aromatic carbocycles. The van der Waals surface area contributed by atoms with Crippen molar-refractivity contribution >= 4 is 26.7 Å². The Morgan fingerprint density at radius 3 is 2.04 bits per heavy atom. The molecule has 0 aliphatic heterocycles. The summed E-state index contributed by atoms with van der Waals surface area (Å²) in [6, 6.07) is 8.96. The van der Waals surface area contributed by atoms with Crippen LogP contribution in [0, 0.1) is 5.82 Å². The summed E-state index contributed by atoms with van der Waals surface area (Å²) < 4.78 is 42.6. The fourth-order valence-corrected chi connectivity index (χ4v) is 3.54. The predicted octanol–water partition coefficient (Wildman–Crippen LogP) is 1.18. The summed E-state index contributed by atoms with van der Waals surface area (Å²) in [6.45, 7) is 0. The van der Waals surface area contributed by atoms with Gasteiger partial charge in [-0.15, -0.1) is 0 Å². The lowest BCUT2D eigenvalue weighted by Gasteiger charge is -2.12. The van der Waals surface area contributed by atoms with Gasteiger partial charge in [-0.05, 0) is 42.5 Å². The summed E-state index contributed by atoms with van der Waals surface area (Å²) in [4.78, 5) is 23.7. The Kier molecular flexibility index (Phi) is 3.96. The smallest absolute Gasteiger partial charge is 0.305 e. The van der Waals surface area contributed by atoms with E-state index in [2.05, 4.69) is 4.72 Å². The molecule has 0 saturated carbocycles. The zero-order chi connectivity index (χ0) is 18.4. The number of hydrogen-bond donors (Lipinski definition) is 1. The number of aryl methyl sites for hydroxylation is 2. The quantitative estimate of drug-likeness (QED) is 0.708. The normalized spacial score (nSPS) is 11.6. The zero-order valence-corrected chi connectivity index (χ0v) is 14.2. The van der Waals surface area contributed by atoms with E-state index in [9.17, 15) is 22.4 Å². The first-order valence-corrected chi connectivity index (χ1v) is 8.67. The molecule has 3 aromatic rings. The highest BCUT2D eigenvalue weighted by atomic mass is 32.2. The maximum absolute atomic E-state index is 12.9. The van der Waals surface area contributed by atoms with Crippen LogP contribution in [0.3, 0.4) is 0 Å². The summed E-state index contributed by atoms with van der Waals surface area (Å²) in [5, 5.41) is 0. The maximum Gasteiger partial charge on any atom is 0.316 e. The first-order chi connectivity index (χ1) is 11.7. The lowest BCUT2D eigenvalue weighted by atomic mass is 10.3. The number of fused-ring (bicyclic) bond motifs is 1. The molecule has 0 atom stereocenters. The average molecular weight is 363 g/mol. The van der Waals surface area contributed by atoms with Crippen LogP contribution in [0.2, 0.25) is 0 Å². The van der Waals surface area contributed by atoms with Gasteiger partial charge in [0.1, 0.15) is 5.82 Å². The van der Waals surface area contributed by atoms with Gasteiger partial charge >= 0.3 is 11.1 Å². The number of rotatable bonds is 3. The Morgan fingerprint density at radius 2 is 1.44 bits per heavy atom. The van der Waals surface area contributed by atoms with Gasteiger partial charge in [-0.25, -0.2) is 12.8 Å². The van der Waals surface area contributed by atoms with Crippen molar-refractivity contribution in [1.82, 2.24) is 9.13 Å². The van der Waals surface area contributed by atoms with E-state index in [0.717, 1.165) is 16.7 Å². The second-order valence-electron chi connectivity index (χ2n) is 5.49. The fourth-order valence-electron chi connectivity index (χ4n) is 2.46. The molecule has 0 radical (unpaired) electrons. The number of benzene rings is 2. The van der Waals surface area contributed by atoms with Crippen LogP contribution in [0.1, 0.15) is 0 Å². The summed E-state index contributed by atoms with van der Waals surface area (Å²) in [6.07, 6.45) is 0. The molecule has 25 heavy (non-hydrogen) atoms. The number of hydrogen-bond acceptors (Lipinski definition) is 4. The average Bonchev–Trinajstić information content (AvgIpc) is 2.59. The van der Waals surface area contributed by atoms with Gasteiger partial charge in [-0.1, -0.05) is 0 Å². The van der Waals surface area contributed by atoms with Gasteiger partial charge in [-0.3, -0.25) is 14.3 Å². The number of nitrogens with one attached hydrogen (secondary N) is 1. The van der Waals surface area contributed by atoms with Crippen molar-refractivity contribution in [3.05, 3.63) is 69.0 Å². The van der Waals surface area contributed by atoms with E-state index in [4.69, 9.17) is 0 Å². The largest absolute Gasteiger partial charge is 0.316 e. The Balaban J connectivity index is 2.14. The van der Waals surface area contributed by atoms with Crippen molar-refractivity contribution in [2.24, 2.45) is 14.1 Å². The van der Waals surface area contributed by atoms with Crippen LogP contribution in [-0.4, -0.2) is 17.6 Å². The number of anilines is 1. The number of sulfonamides is 1.